The van der Waals surface area contributed by atoms with Crippen molar-refractivity contribution in [3.8, 4) is 0 Å². The lowest BCUT2D eigenvalue weighted by atomic mass is 9.75. The van der Waals surface area contributed by atoms with Crippen LogP contribution in [0.1, 0.15) is 55.8 Å². The van der Waals surface area contributed by atoms with Gasteiger partial charge in [-0.3, -0.25) is 9.79 Å². The number of nitrogens with zero attached hydrogens (tertiary/aromatic N) is 1. The van der Waals surface area contributed by atoms with Gasteiger partial charge in [-0.15, -0.1) is 11.8 Å². The van der Waals surface area contributed by atoms with Crippen molar-refractivity contribution in [2.24, 2.45) is 10.4 Å². The maximum atomic E-state index is 13.3. The number of hydrogen-bond acceptors (Lipinski definition) is 9. The van der Waals surface area contributed by atoms with E-state index >= 15 is 0 Å². The number of aliphatic hydroxyl groups is 1. The lowest BCUT2D eigenvalue weighted by Gasteiger charge is -2.47. The average molecular weight is 566 g/mol. The second-order valence-electron chi connectivity index (χ2n) is 11.2. The lowest BCUT2D eigenvalue weighted by molar-refractivity contribution is -0.304. The van der Waals surface area contributed by atoms with Gasteiger partial charge >= 0.3 is 5.97 Å². The Balaban J connectivity index is 1.52. The normalized spacial score (nSPS) is 30.5. The lowest BCUT2D eigenvalue weighted by Crippen LogP contribution is -2.61. The van der Waals surface area contributed by atoms with E-state index in [0.29, 0.717) is 24.1 Å². The summed E-state index contributed by atoms with van der Waals surface area (Å²) in [6.07, 6.45) is -0.113. The molecule has 3 aliphatic rings. The van der Waals surface area contributed by atoms with Crippen LogP contribution in [0.2, 0.25) is 0 Å². The summed E-state index contributed by atoms with van der Waals surface area (Å²) in [6.45, 7) is 5.86. The molecule has 2 aliphatic heterocycles. The zero-order valence-electron chi connectivity index (χ0n) is 23.1. The van der Waals surface area contributed by atoms with Crippen LogP contribution in [0.3, 0.4) is 0 Å². The Morgan fingerprint density at radius 3 is 2.38 bits per heavy atom. The number of benzene rings is 2. The molecule has 0 amide bonds. The van der Waals surface area contributed by atoms with E-state index < -0.39 is 42.0 Å². The van der Waals surface area contributed by atoms with Crippen molar-refractivity contribution in [2.45, 2.75) is 69.7 Å². The molecule has 212 valence electrons. The largest absolute Gasteiger partial charge is 0.511 e. The molecular weight excluding hydrogens is 530 g/mol. The van der Waals surface area contributed by atoms with Gasteiger partial charge in [0.2, 0.25) is 0 Å². The number of thioether (sulfide) groups is 1. The smallest absolute Gasteiger partial charge is 0.338 e. The summed E-state index contributed by atoms with van der Waals surface area (Å²) in [7, 11) is 0. The zero-order chi connectivity index (χ0) is 28.4. The molecule has 0 aromatic heterocycles. The Bertz CT molecular complexity index is 1290. The minimum Gasteiger partial charge on any atom is -0.511 e. The van der Waals surface area contributed by atoms with E-state index in [1.54, 1.807) is 31.2 Å². The van der Waals surface area contributed by atoms with Crippen LogP contribution >= 0.6 is 11.8 Å². The molecule has 2 saturated heterocycles. The van der Waals surface area contributed by atoms with E-state index in [0.717, 1.165) is 5.56 Å². The maximum absolute atomic E-state index is 13.3. The van der Waals surface area contributed by atoms with Gasteiger partial charge in [0.25, 0.3) is 0 Å². The number of aliphatic hydroxyl groups excluding tert-OH is 1. The highest BCUT2D eigenvalue weighted by atomic mass is 32.2. The quantitative estimate of drug-likeness (QED) is 0.365. The molecule has 9 heteroatoms. The van der Waals surface area contributed by atoms with Crippen molar-refractivity contribution >= 4 is 29.2 Å². The van der Waals surface area contributed by atoms with Crippen LogP contribution in [0.4, 0.5) is 0 Å². The molecule has 0 unspecified atom stereocenters. The fourth-order valence-corrected chi connectivity index (χ4v) is 6.31. The third-order valence-corrected chi connectivity index (χ3v) is 8.28. The molecule has 0 spiro atoms. The number of fused-ring (bicyclic) bond motifs is 1. The van der Waals surface area contributed by atoms with Gasteiger partial charge < -0.3 is 24.1 Å². The molecule has 1 aliphatic carbocycles. The molecule has 8 nitrogen and oxygen atoms in total. The van der Waals surface area contributed by atoms with Crippen LogP contribution in [0.25, 0.3) is 0 Å². The Morgan fingerprint density at radius 2 is 1.73 bits per heavy atom. The molecule has 1 N–H and O–H groups in total. The van der Waals surface area contributed by atoms with Crippen LogP contribution < -0.4 is 0 Å². The van der Waals surface area contributed by atoms with E-state index in [2.05, 4.69) is 0 Å². The van der Waals surface area contributed by atoms with Gasteiger partial charge in [-0.2, -0.15) is 0 Å². The third-order valence-electron chi connectivity index (χ3n) is 7.42. The van der Waals surface area contributed by atoms with Crippen LogP contribution in [0.15, 0.2) is 77.0 Å². The summed E-state index contributed by atoms with van der Waals surface area (Å²) in [6, 6.07) is 17.6. The molecule has 2 aromatic rings. The number of Topliss-reactive ketones (excluding diaryl/α,β-unsaturated/α-hetero) is 1. The average Bonchev–Trinajstić information content (AvgIpc) is 2.93. The summed E-state index contributed by atoms with van der Waals surface area (Å²) in [4.78, 5) is 31.3. The summed E-state index contributed by atoms with van der Waals surface area (Å²) in [5.74, 6) is -0.635. The first-order chi connectivity index (χ1) is 19.2. The maximum Gasteiger partial charge on any atom is 0.338 e. The summed E-state index contributed by atoms with van der Waals surface area (Å²) >= 11 is 1.43. The summed E-state index contributed by atoms with van der Waals surface area (Å²) < 4.78 is 25.0. The molecule has 0 saturated carbocycles. The van der Waals surface area contributed by atoms with E-state index in [1.165, 1.54) is 11.8 Å². The molecule has 0 radical (unpaired) electrons. The first-order valence-corrected chi connectivity index (χ1v) is 14.7. The minimum absolute atomic E-state index is 0.0297. The molecule has 6 atom stereocenters. The van der Waals surface area contributed by atoms with E-state index in [9.17, 15) is 14.7 Å². The predicted octanol–water partition coefficient (Wildman–Crippen LogP) is 5.44. The Hall–Kier alpha value is -2.98. The summed E-state index contributed by atoms with van der Waals surface area (Å²) in [5, 5.41) is 10.8. The van der Waals surface area contributed by atoms with Gasteiger partial charge in [0, 0.05) is 24.1 Å². The van der Waals surface area contributed by atoms with Crippen LogP contribution in [-0.2, 0) is 23.7 Å². The fraction of sp³-hybridized carbons (Fsp3) is 0.452. The van der Waals surface area contributed by atoms with E-state index in [1.807, 2.05) is 56.5 Å². The Labute approximate surface area is 238 Å². The molecule has 2 fully saturated rings. The first-order valence-electron chi connectivity index (χ1n) is 13.4. The number of ether oxygens (including phenoxy) is 4. The highest BCUT2D eigenvalue weighted by molar-refractivity contribution is 7.99. The van der Waals surface area contributed by atoms with Gasteiger partial charge in [0.05, 0.1) is 17.7 Å². The standard InChI is InChI=1S/C31H35NO7S/c1-18(24-21(33)15-31(2,3)16-22(24)34)32-25-27(38-28(35)19-11-7-5-8-12-19)26-23(37-30(25)40-4)17-36-29(39-26)20-13-9-6-10-14-20/h5-14,23,25-27,29-30,33H,15-17H2,1-4H3/t23-,25-,26-,27-,29-,30+/m1/s1. The number of allylic oxidation sites excluding steroid dienone is 2. The number of ketones is 1. The molecule has 5 rings (SSSR count). The zero-order valence-corrected chi connectivity index (χ0v) is 23.9. The highest BCUT2D eigenvalue weighted by Crippen LogP contribution is 2.40. The SMILES string of the molecule is CS[C@@H]1O[C@@H]2CO[C@@H](c3ccccc3)O[C@H]2[C@H](OC(=O)c2ccccc2)[C@H]1N=C(C)C1=C(O)CC(C)(C)CC1=O. The molecule has 40 heavy (non-hydrogen) atoms. The molecule has 2 aromatic carbocycles. The topological polar surface area (TPSA) is 104 Å². The van der Waals surface area contributed by atoms with Crippen molar-refractivity contribution in [2.75, 3.05) is 12.9 Å². The second kappa shape index (κ2) is 11.9. The van der Waals surface area contributed by atoms with Crippen molar-refractivity contribution in [1.82, 2.24) is 0 Å². The number of esters is 1. The van der Waals surface area contributed by atoms with Gasteiger partial charge in [-0.1, -0.05) is 62.4 Å². The molecule has 0 bridgehead atoms. The predicted molar refractivity (Wildman–Crippen MR) is 152 cm³/mol. The van der Waals surface area contributed by atoms with E-state index in [4.69, 9.17) is 23.9 Å². The second-order valence-corrected chi connectivity index (χ2v) is 12.1. The van der Waals surface area contributed by atoms with Crippen LogP contribution in [0.5, 0.6) is 0 Å². The van der Waals surface area contributed by atoms with Crippen molar-refractivity contribution in [3.63, 3.8) is 0 Å². The third kappa shape index (κ3) is 6.02. The van der Waals surface area contributed by atoms with Crippen molar-refractivity contribution in [1.29, 1.82) is 0 Å². The van der Waals surface area contributed by atoms with Gasteiger partial charge in [-0.25, -0.2) is 4.79 Å². The number of aliphatic imine (C=N–C) groups is 1. The number of rotatable bonds is 6. The van der Waals surface area contributed by atoms with Gasteiger partial charge in [0.15, 0.2) is 18.2 Å². The number of carbonyl (C=O) groups is 2. The van der Waals surface area contributed by atoms with E-state index in [-0.39, 0.29) is 29.1 Å². The monoisotopic (exact) mass is 565 g/mol. The van der Waals surface area contributed by atoms with Crippen LogP contribution in [0, 0.1) is 5.41 Å². The minimum atomic E-state index is -0.841. The fourth-order valence-electron chi connectivity index (χ4n) is 5.56. The number of carbonyl (C=O) groups excluding carboxylic acids is 2. The molecular formula is C31H35NO7S. The number of hydrogen-bond donors (Lipinski definition) is 1. The Kier molecular flexibility index (Phi) is 8.47. The summed E-state index contributed by atoms with van der Waals surface area (Å²) in [5.41, 5.74) is 1.01. The highest BCUT2D eigenvalue weighted by Gasteiger charge is 2.52. The Morgan fingerprint density at radius 1 is 1.05 bits per heavy atom. The van der Waals surface area contributed by atoms with Crippen molar-refractivity contribution < 1.29 is 33.6 Å². The van der Waals surface area contributed by atoms with Crippen LogP contribution in [-0.4, -0.2) is 65.2 Å². The van der Waals surface area contributed by atoms with Gasteiger partial charge in [0.1, 0.15) is 29.4 Å². The van der Waals surface area contributed by atoms with Crippen molar-refractivity contribution in [3.05, 3.63) is 83.1 Å². The van der Waals surface area contributed by atoms with Gasteiger partial charge in [-0.05, 0) is 30.7 Å². The first kappa shape index (κ1) is 28.5. The molecule has 2 heterocycles.